The summed E-state index contributed by atoms with van der Waals surface area (Å²) >= 11 is 1.81. The van der Waals surface area contributed by atoms with Crippen molar-refractivity contribution in [3.8, 4) is 0 Å². The molecule has 0 aliphatic carbocycles. The normalized spacial score (nSPS) is 10.6. The van der Waals surface area contributed by atoms with E-state index >= 15 is 0 Å². The summed E-state index contributed by atoms with van der Waals surface area (Å²) in [6.45, 7) is 4.27. The Balaban J connectivity index is 2.43. The second-order valence-corrected chi connectivity index (χ2v) is 5.40. The molecule has 0 amide bonds. The maximum atomic E-state index is 11.7. The average Bonchev–Trinajstić information content (AvgIpc) is 2.18. The summed E-state index contributed by atoms with van der Waals surface area (Å²) in [5.41, 5.74) is 7.01. The highest BCUT2D eigenvalue weighted by atomic mass is 32.2. The number of benzene rings is 1. The Morgan fingerprint density at radius 2 is 1.93 bits per heavy atom. The predicted octanol–water partition coefficient (Wildman–Crippen LogP) is 2.98. The SMILES string of the molecule is CC(C)SCCC(=O)c1ccc(N)cc1. The lowest BCUT2D eigenvalue weighted by molar-refractivity contribution is 0.0989. The molecule has 82 valence electrons. The highest BCUT2D eigenvalue weighted by Crippen LogP contribution is 2.13. The number of carbonyl (C=O) groups is 1. The zero-order chi connectivity index (χ0) is 11.3. The van der Waals surface area contributed by atoms with E-state index < -0.39 is 0 Å². The molecule has 1 rings (SSSR count). The third kappa shape index (κ3) is 4.38. The van der Waals surface area contributed by atoms with E-state index in [-0.39, 0.29) is 5.78 Å². The molecule has 0 saturated carbocycles. The van der Waals surface area contributed by atoms with Crippen molar-refractivity contribution in [1.29, 1.82) is 0 Å². The molecule has 0 aromatic heterocycles. The summed E-state index contributed by atoms with van der Waals surface area (Å²) in [7, 11) is 0. The maximum absolute atomic E-state index is 11.7. The number of nitrogen functional groups attached to an aromatic ring is 1. The van der Waals surface area contributed by atoms with Gasteiger partial charge in [0.05, 0.1) is 0 Å². The molecule has 3 heteroatoms. The minimum absolute atomic E-state index is 0.197. The molecule has 0 aliphatic heterocycles. The third-order valence-electron chi connectivity index (χ3n) is 2.01. The lowest BCUT2D eigenvalue weighted by Crippen LogP contribution is -2.02. The lowest BCUT2D eigenvalue weighted by atomic mass is 10.1. The molecular weight excluding hydrogens is 206 g/mol. The fourth-order valence-corrected chi connectivity index (χ4v) is 1.98. The van der Waals surface area contributed by atoms with E-state index in [0.29, 0.717) is 17.4 Å². The molecule has 0 aliphatic rings. The van der Waals surface area contributed by atoms with Crippen molar-refractivity contribution in [3.63, 3.8) is 0 Å². The number of anilines is 1. The number of thioether (sulfide) groups is 1. The first-order chi connectivity index (χ1) is 7.09. The number of rotatable bonds is 5. The van der Waals surface area contributed by atoms with Crippen LogP contribution in [0, 0.1) is 0 Å². The van der Waals surface area contributed by atoms with Gasteiger partial charge in [0.15, 0.2) is 5.78 Å². The smallest absolute Gasteiger partial charge is 0.163 e. The van der Waals surface area contributed by atoms with Gasteiger partial charge in [0.25, 0.3) is 0 Å². The first kappa shape index (κ1) is 12.1. The molecule has 1 aromatic carbocycles. The first-order valence-electron chi connectivity index (χ1n) is 5.10. The average molecular weight is 223 g/mol. The molecule has 0 heterocycles. The van der Waals surface area contributed by atoms with Crippen molar-refractivity contribution in [2.45, 2.75) is 25.5 Å². The Kier molecular flexibility index (Phi) is 4.69. The summed E-state index contributed by atoms with van der Waals surface area (Å²) in [6.07, 6.45) is 0.604. The van der Waals surface area contributed by atoms with Gasteiger partial charge in [-0.3, -0.25) is 4.79 Å². The largest absolute Gasteiger partial charge is 0.399 e. The number of ketones is 1. The van der Waals surface area contributed by atoms with Crippen LogP contribution in [0.15, 0.2) is 24.3 Å². The summed E-state index contributed by atoms with van der Waals surface area (Å²) < 4.78 is 0. The van der Waals surface area contributed by atoms with Crippen LogP contribution in [0.2, 0.25) is 0 Å². The summed E-state index contributed by atoms with van der Waals surface area (Å²) in [5, 5.41) is 0.587. The van der Waals surface area contributed by atoms with Gasteiger partial charge in [-0.1, -0.05) is 13.8 Å². The standard InChI is InChI=1S/C12H17NOS/c1-9(2)15-8-7-12(14)10-3-5-11(13)6-4-10/h3-6,9H,7-8,13H2,1-2H3. The number of carbonyl (C=O) groups excluding carboxylic acids is 1. The van der Waals surface area contributed by atoms with Gasteiger partial charge in [-0.25, -0.2) is 0 Å². The second kappa shape index (κ2) is 5.81. The zero-order valence-electron chi connectivity index (χ0n) is 9.19. The van der Waals surface area contributed by atoms with Crippen LogP contribution in [-0.2, 0) is 0 Å². The van der Waals surface area contributed by atoms with Gasteiger partial charge in [0, 0.05) is 23.4 Å². The molecule has 0 fully saturated rings. The van der Waals surface area contributed by atoms with Crippen molar-refractivity contribution >= 4 is 23.2 Å². The van der Waals surface area contributed by atoms with Gasteiger partial charge in [-0.05, 0) is 29.5 Å². The minimum atomic E-state index is 0.197. The van der Waals surface area contributed by atoms with Crippen molar-refractivity contribution in [1.82, 2.24) is 0 Å². The number of hydrogen-bond acceptors (Lipinski definition) is 3. The van der Waals surface area contributed by atoms with E-state index in [1.54, 1.807) is 24.3 Å². The minimum Gasteiger partial charge on any atom is -0.399 e. The van der Waals surface area contributed by atoms with Crippen molar-refractivity contribution < 1.29 is 4.79 Å². The Bertz CT molecular complexity index is 319. The van der Waals surface area contributed by atoms with Crippen molar-refractivity contribution in [3.05, 3.63) is 29.8 Å². The molecule has 0 saturated heterocycles. The molecule has 2 nitrogen and oxygen atoms in total. The predicted molar refractivity (Wildman–Crippen MR) is 67.4 cm³/mol. The Morgan fingerprint density at radius 1 is 1.33 bits per heavy atom. The first-order valence-corrected chi connectivity index (χ1v) is 6.15. The second-order valence-electron chi connectivity index (χ2n) is 3.71. The van der Waals surface area contributed by atoms with Crippen LogP contribution in [0.1, 0.15) is 30.6 Å². The van der Waals surface area contributed by atoms with Gasteiger partial charge in [-0.2, -0.15) is 11.8 Å². The van der Waals surface area contributed by atoms with E-state index in [1.165, 1.54) is 0 Å². The molecule has 0 unspecified atom stereocenters. The summed E-state index contributed by atoms with van der Waals surface area (Å²) in [4.78, 5) is 11.7. The molecule has 0 radical (unpaired) electrons. The van der Waals surface area contributed by atoms with Gasteiger partial charge in [0.2, 0.25) is 0 Å². The Labute approximate surface area is 95.2 Å². The van der Waals surface area contributed by atoms with Crippen LogP contribution in [0.5, 0.6) is 0 Å². The van der Waals surface area contributed by atoms with Crippen LogP contribution >= 0.6 is 11.8 Å². The molecule has 15 heavy (non-hydrogen) atoms. The van der Waals surface area contributed by atoms with Crippen LogP contribution in [0.4, 0.5) is 5.69 Å². The van der Waals surface area contributed by atoms with E-state index in [4.69, 9.17) is 5.73 Å². The number of Topliss-reactive ketones (excluding diaryl/α,β-unsaturated/α-hetero) is 1. The van der Waals surface area contributed by atoms with Gasteiger partial charge < -0.3 is 5.73 Å². The van der Waals surface area contributed by atoms with Crippen LogP contribution < -0.4 is 5.73 Å². The van der Waals surface area contributed by atoms with Crippen molar-refractivity contribution in [2.24, 2.45) is 0 Å². The van der Waals surface area contributed by atoms with E-state index in [1.807, 2.05) is 11.8 Å². The number of hydrogen-bond donors (Lipinski definition) is 1. The summed E-state index contributed by atoms with van der Waals surface area (Å²) in [5.74, 6) is 1.09. The zero-order valence-corrected chi connectivity index (χ0v) is 10.0. The highest BCUT2D eigenvalue weighted by Gasteiger charge is 2.05. The van der Waals surface area contributed by atoms with E-state index in [0.717, 1.165) is 11.3 Å². The molecule has 0 atom stereocenters. The van der Waals surface area contributed by atoms with E-state index in [9.17, 15) is 4.79 Å². The Morgan fingerprint density at radius 3 is 2.47 bits per heavy atom. The number of nitrogens with two attached hydrogens (primary N) is 1. The van der Waals surface area contributed by atoms with Gasteiger partial charge in [-0.15, -0.1) is 0 Å². The monoisotopic (exact) mass is 223 g/mol. The molecule has 2 N–H and O–H groups in total. The van der Waals surface area contributed by atoms with Gasteiger partial charge in [0.1, 0.15) is 0 Å². The summed E-state index contributed by atoms with van der Waals surface area (Å²) in [6, 6.07) is 7.11. The van der Waals surface area contributed by atoms with Crippen molar-refractivity contribution in [2.75, 3.05) is 11.5 Å². The lowest BCUT2D eigenvalue weighted by Gasteiger charge is -2.04. The van der Waals surface area contributed by atoms with Crippen LogP contribution in [-0.4, -0.2) is 16.8 Å². The fourth-order valence-electron chi connectivity index (χ4n) is 1.20. The Hall–Kier alpha value is -0.960. The third-order valence-corrected chi connectivity index (χ3v) is 3.12. The van der Waals surface area contributed by atoms with Crippen LogP contribution in [0.25, 0.3) is 0 Å². The topological polar surface area (TPSA) is 43.1 Å². The molecule has 0 spiro atoms. The fraction of sp³-hybridized carbons (Fsp3) is 0.417. The maximum Gasteiger partial charge on any atom is 0.163 e. The van der Waals surface area contributed by atoms with Crippen LogP contribution in [0.3, 0.4) is 0 Å². The highest BCUT2D eigenvalue weighted by molar-refractivity contribution is 7.99. The molecular formula is C12H17NOS. The molecule has 1 aromatic rings. The van der Waals surface area contributed by atoms with E-state index in [2.05, 4.69) is 13.8 Å². The van der Waals surface area contributed by atoms with Gasteiger partial charge >= 0.3 is 0 Å². The molecule has 0 bridgehead atoms. The quantitative estimate of drug-likeness (QED) is 0.616.